The minimum absolute atomic E-state index is 0.164. The summed E-state index contributed by atoms with van der Waals surface area (Å²) in [6, 6.07) is 11.9. The number of aromatic nitrogens is 5. The zero-order chi connectivity index (χ0) is 14.7. The van der Waals surface area contributed by atoms with Gasteiger partial charge in [0, 0.05) is 6.20 Å². The Morgan fingerprint density at radius 3 is 2.76 bits per heavy atom. The summed E-state index contributed by atoms with van der Waals surface area (Å²) in [6.45, 7) is 0. The number of hydrogen-bond acceptors (Lipinski definition) is 7. The van der Waals surface area contributed by atoms with Crippen LogP contribution in [-0.4, -0.2) is 30.3 Å². The molecule has 3 aromatic rings. The maximum Gasteiger partial charge on any atom is 0.220 e. The normalized spacial score (nSPS) is 10.2. The Balaban J connectivity index is 1.96. The number of phenolic OH excluding ortho intramolecular Hbond substituents is 1. The quantitative estimate of drug-likeness (QED) is 0.786. The molecular formula is C13H8N6OS. The molecule has 2 heterocycles. The first-order valence-electron chi connectivity index (χ1n) is 5.88. The Morgan fingerprint density at radius 1 is 1.19 bits per heavy atom. The van der Waals surface area contributed by atoms with Crippen molar-refractivity contribution >= 4 is 11.8 Å². The first kappa shape index (κ1) is 13.1. The topological polar surface area (TPSA) is 101 Å². The molecule has 102 valence electrons. The number of aromatic hydroxyl groups is 1. The molecule has 3 rings (SSSR count). The Kier molecular flexibility index (Phi) is 3.49. The van der Waals surface area contributed by atoms with Gasteiger partial charge in [-0.15, -0.1) is 5.10 Å². The molecule has 7 nitrogen and oxygen atoms in total. The van der Waals surface area contributed by atoms with E-state index in [1.807, 2.05) is 0 Å². The van der Waals surface area contributed by atoms with Crippen molar-refractivity contribution in [3.05, 3.63) is 48.2 Å². The van der Waals surface area contributed by atoms with Crippen molar-refractivity contribution in [2.24, 2.45) is 0 Å². The van der Waals surface area contributed by atoms with Crippen LogP contribution in [0.15, 0.2) is 52.8 Å². The molecule has 0 fully saturated rings. The van der Waals surface area contributed by atoms with E-state index in [9.17, 15) is 5.11 Å². The average molecular weight is 296 g/mol. The molecule has 1 N–H and O–H groups in total. The minimum Gasteiger partial charge on any atom is -0.508 e. The highest BCUT2D eigenvalue weighted by Crippen LogP contribution is 2.27. The number of nitrogens with zero attached hydrogens (tertiary/aromatic N) is 6. The van der Waals surface area contributed by atoms with Gasteiger partial charge in [-0.05, 0) is 58.6 Å². The van der Waals surface area contributed by atoms with Gasteiger partial charge in [0.15, 0.2) is 0 Å². The molecule has 0 aliphatic carbocycles. The van der Waals surface area contributed by atoms with Gasteiger partial charge in [0.05, 0.1) is 11.3 Å². The molecular weight excluding hydrogens is 288 g/mol. The second kappa shape index (κ2) is 5.60. The van der Waals surface area contributed by atoms with Crippen molar-refractivity contribution < 1.29 is 5.11 Å². The van der Waals surface area contributed by atoms with Crippen LogP contribution in [0.3, 0.4) is 0 Å². The Hall–Kier alpha value is -2.92. The number of benzene rings is 1. The van der Waals surface area contributed by atoms with Gasteiger partial charge in [-0.3, -0.25) is 0 Å². The lowest BCUT2D eigenvalue weighted by Gasteiger charge is -2.04. The van der Waals surface area contributed by atoms with Gasteiger partial charge in [-0.1, -0.05) is 0 Å². The molecule has 0 atom stereocenters. The second-order valence-corrected chi connectivity index (χ2v) is 4.92. The fourth-order valence-corrected chi connectivity index (χ4v) is 2.46. The minimum atomic E-state index is 0.164. The van der Waals surface area contributed by atoms with Crippen LogP contribution in [0.5, 0.6) is 5.75 Å². The van der Waals surface area contributed by atoms with Gasteiger partial charge in [0.1, 0.15) is 16.8 Å². The average Bonchev–Trinajstić information content (AvgIpc) is 2.97. The molecule has 0 amide bonds. The zero-order valence-corrected chi connectivity index (χ0v) is 11.4. The molecule has 0 saturated heterocycles. The van der Waals surface area contributed by atoms with Crippen LogP contribution in [0.2, 0.25) is 0 Å². The van der Waals surface area contributed by atoms with Crippen LogP contribution >= 0.6 is 11.8 Å². The largest absolute Gasteiger partial charge is 0.508 e. The van der Waals surface area contributed by atoms with E-state index in [1.165, 1.54) is 16.4 Å². The van der Waals surface area contributed by atoms with Gasteiger partial charge >= 0.3 is 0 Å². The van der Waals surface area contributed by atoms with Crippen LogP contribution in [0.4, 0.5) is 0 Å². The number of rotatable bonds is 3. The third-order valence-corrected chi connectivity index (χ3v) is 3.57. The number of pyridine rings is 1. The number of tetrazole rings is 1. The van der Waals surface area contributed by atoms with Crippen molar-refractivity contribution in [3.8, 4) is 17.5 Å². The molecule has 0 saturated carbocycles. The van der Waals surface area contributed by atoms with E-state index in [2.05, 4.69) is 26.6 Å². The molecule has 0 unspecified atom stereocenters. The van der Waals surface area contributed by atoms with Gasteiger partial charge in [0.2, 0.25) is 5.16 Å². The summed E-state index contributed by atoms with van der Waals surface area (Å²) < 4.78 is 1.51. The highest BCUT2D eigenvalue weighted by Gasteiger charge is 2.13. The molecule has 0 aliphatic heterocycles. The lowest BCUT2D eigenvalue weighted by Crippen LogP contribution is -1.99. The SMILES string of the molecule is N#Cc1cccnc1Sc1nnnn1-c1ccc(O)cc1. The van der Waals surface area contributed by atoms with E-state index >= 15 is 0 Å². The van der Waals surface area contributed by atoms with Crippen molar-refractivity contribution in [2.45, 2.75) is 10.2 Å². The fraction of sp³-hybridized carbons (Fsp3) is 0. The number of hydrogen-bond donors (Lipinski definition) is 1. The van der Waals surface area contributed by atoms with Crippen molar-refractivity contribution in [3.63, 3.8) is 0 Å². The molecule has 0 spiro atoms. The number of nitriles is 1. The first-order valence-corrected chi connectivity index (χ1v) is 6.70. The van der Waals surface area contributed by atoms with E-state index in [0.29, 0.717) is 21.4 Å². The highest BCUT2D eigenvalue weighted by molar-refractivity contribution is 7.99. The van der Waals surface area contributed by atoms with E-state index in [4.69, 9.17) is 5.26 Å². The van der Waals surface area contributed by atoms with Crippen molar-refractivity contribution in [2.75, 3.05) is 0 Å². The van der Waals surface area contributed by atoms with Gasteiger partial charge < -0.3 is 5.11 Å². The predicted molar refractivity (Wildman–Crippen MR) is 73.9 cm³/mol. The monoisotopic (exact) mass is 296 g/mol. The molecule has 0 radical (unpaired) electrons. The van der Waals surface area contributed by atoms with Crippen LogP contribution in [-0.2, 0) is 0 Å². The Bertz CT molecular complexity index is 808. The van der Waals surface area contributed by atoms with Crippen LogP contribution < -0.4 is 0 Å². The van der Waals surface area contributed by atoms with E-state index in [0.717, 1.165) is 0 Å². The summed E-state index contributed by atoms with van der Waals surface area (Å²) in [5.41, 5.74) is 1.16. The van der Waals surface area contributed by atoms with Gasteiger partial charge in [0.25, 0.3) is 0 Å². The summed E-state index contributed by atoms with van der Waals surface area (Å²) in [4.78, 5) is 4.16. The standard InChI is InChI=1S/C13H8N6OS/c14-8-9-2-1-7-15-12(9)21-13-16-17-18-19(13)10-3-5-11(20)6-4-10/h1-7,20H. The summed E-state index contributed by atoms with van der Waals surface area (Å²) in [5.74, 6) is 0.164. The molecule has 2 aromatic heterocycles. The van der Waals surface area contributed by atoms with Crippen molar-refractivity contribution in [1.82, 2.24) is 25.2 Å². The lowest BCUT2D eigenvalue weighted by atomic mass is 10.3. The van der Waals surface area contributed by atoms with Gasteiger partial charge in [-0.2, -0.15) is 9.94 Å². The van der Waals surface area contributed by atoms with E-state index in [1.54, 1.807) is 42.6 Å². The molecule has 21 heavy (non-hydrogen) atoms. The van der Waals surface area contributed by atoms with Gasteiger partial charge in [-0.25, -0.2) is 4.98 Å². The van der Waals surface area contributed by atoms with Crippen LogP contribution in [0.1, 0.15) is 5.56 Å². The third kappa shape index (κ3) is 2.68. The molecule has 8 heteroatoms. The Morgan fingerprint density at radius 2 is 2.00 bits per heavy atom. The Labute approximate surface area is 123 Å². The van der Waals surface area contributed by atoms with Crippen molar-refractivity contribution in [1.29, 1.82) is 5.26 Å². The van der Waals surface area contributed by atoms with E-state index < -0.39 is 0 Å². The highest BCUT2D eigenvalue weighted by atomic mass is 32.2. The maximum absolute atomic E-state index is 9.31. The third-order valence-electron chi connectivity index (χ3n) is 2.61. The second-order valence-electron chi connectivity index (χ2n) is 3.96. The summed E-state index contributed by atoms with van der Waals surface area (Å²) >= 11 is 1.20. The molecule has 1 aromatic carbocycles. The fourth-order valence-electron chi connectivity index (χ4n) is 1.64. The summed E-state index contributed by atoms with van der Waals surface area (Å²) in [5, 5.41) is 30.9. The molecule has 0 aliphatic rings. The zero-order valence-electron chi connectivity index (χ0n) is 10.6. The molecule has 0 bridgehead atoms. The maximum atomic E-state index is 9.31. The summed E-state index contributed by atoms with van der Waals surface area (Å²) in [6.07, 6.45) is 1.61. The number of phenols is 1. The van der Waals surface area contributed by atoms with Crippen LogP contribution in [0, 0.1) is 11.3 Å². The lowest BCUT2D eigenvalue weighted by molar-refractivity contribution is 0.475. The van der Waals surface area contributed by atoms with E-state index in [-0.39, 0.29) is 5.75 Å². The van der Waals surface area contributed by atoms with Crippen LogP contribution in [0.25, 0.3) is 5.69 Å². The first-order chi connectivity index (χ1) is 10.3. The summed E-state index contributed by atoms with van der Waals surface area (Å²) in [7, 11) is 0. The smallest absolute Gasteiger partial charge is 0.220 e. The predicted octanol–water partition coefficient (Wildman–Crippen LogP) is 1.79.